The van der Waals surface area contributed by atoms with Crippen molar-refractivity contribution < 1.29 is 42.2 Å². The molecular weight excluding hydrogens is 750 g/mol. The fraction of sp³-hybridized carbons (Fsp3) is 0.333. The van der Waals surface area contributed by atoms with Gasteiger partial charge >= 0.3 is 6.18 Å². The van der Waals surface area contributed by atoms with Crippen LogP contribution >= 0.6 is 0 Å². The number of alkyl halides is 3. The van der Waals surface area contributed by atoms with Crippen LogP contribution in [0.5, 0.6) is 11.5 Å². The lowest BCUT2D eigenvalue weighted by Gasteiger charge is -2.36. The highest BCUT2D eigenvalue weighted by molar-refractivity contribution is 6.23. The molecule has 58 heavy (non-hydrogen) atoms. The van der Waals surface area contributed by atoms with Gasteiger partial charge in [-0.25, -0.2) is 0 Å². The van der Waals surface area contributed by atoms with Crippen LogP contribution in [0.4, 0.5) is 18.9 Å². The van der Waals surface area contributed by atoms with E-state index in [0.717, 1.165) is 38.4 Å². The molecule has 3 aliphatic heterocycles. The van der Waals surface area contributed by atoms with Crippen molar-refractivity contribution in [2.24, 2.45) is 0 Å². The number of amides is 4. The first kappa shape index (κ1) is 40.3. The van der Waals surface area contributed by atoms with E-state index in [1.807, 2.05) is 42.5 Å². The van der Waals surface area contributed by atoms with Gasteiger partial charge in [-0.3, -0.25) is 34.3 Å². The van der Waals surface area contributed by atoms with Crippen LogP contribution in [0.1, 0.15) is 82.9 Å². The lowest BCUT2D eigenvalue weighted by Crippen LogP contribution is -2.54. The summed E-state index contributed by atoms with van der Waals surface area (Å²) >= 11 is 0. The van der Waals surface area contributed by atoms with Gasteiger partial charge in [-0.05, 0) is 109 Å². The van der Waals surface area contributed by atoms with Gasteiger partial charge in [0.25, 0.3) is 11.8 Å². The summed E-state index contributed by atoms with van der Waals surface area (Å²) in [5.74, 6) is -1.94. The first-order valence-corrected chi connectivity index (χ1v) is 19.7. The Morgan fingerprint density at radius 1 is 0.810 bits per heavy atom. The number of imide groups is 2. The number of aromatic hydroxyl groups is 1. The van der Waals surface area contributed by atoms with Crippen LogP contribution in [0.3, 0.4) is 0 Å². The van der Waals surface area contributed by atoms with Crippen molar-refractivity contribution >= 4 is 40.5 Å². The summed E-state index contributed by atoms with van der Waals surface area (Å²) in [5.41, 5.74) is 5.91. The number of fused-ring (bicyclic) bond motifs is 1. The number of rotatable bonds is 13. The normalized spacial score (nSPS) is 18.5. The Bertz CT molecular complexity index is 2180. The molecule has 2 N–H and O–H groups in total. The van der Waals surface area contributed by atoms with Crippen LogP contribution in [-0.4, -0.2) is 89.6 Å². The van der Waals surface area contributed by atoms with Gasteiger partial charge < -0.3 is 14.7 Å². The fourth-order valence-corrected chi connectivity index (χ4v) is 8.01. The molecule has 0 spiro atoms. The smallest absolute Gasteiger partial charge is 0.425 e. The summed E-state index contributed by atoms with van der Waals surface area (Å²) < 4.78 is 48.3. The number of ether oxygens (including phenoxy) is 1. The highest BCUT2D eigenvalue weighted by atomic mass is 19.4. The van der Waals surface area contributed by atoms with Crippen LogP contribution in [-0.2, 0) is 9.59 Å². The molecule has 7 rings (SSSR count). The third kappa shape index (κ3) is 8.79. The van der Waals surface area contributed by atoms with Gasteiger partial charge in [-0.2, -0.15) is 13.2 Å². The molecule has 3 heterocycles. The number of phenolic OH excluding ortho intramolecular Hbond substituents is 1. The number of piperazine rings is 1. The molecule has 0 radical (unpaired) electrons. The molecule has 2 saturated heterocycles. The number of anilines is 1. The van der Waals surface area contributed by atoms with Crippen LogP contribution < -0.4 is 15.0 Å². The number of phenols is 1. The topological polar surface area (TPSA) is 119 Å². The Morgan fingerprint density at radius 3 is 2.10 bits per heavy atom. The molecule has 4 aromatic rings. The van der Waals surface area contributed by atoms with E-state index >= 15 is 0 Å². The molecule has 2 unspecified atom stereocenters. The molecule has 10 nitrogen and oxygen atoms in total. The third-order valence-electron chi connectivity index (χ3n) is 11.1. The number of halogens is 3. The Morgan fingerprint density at radius 2 is 1.47 bits per heavy atom. The minimum absolute atomic E-state index is 0.0455. The number of unbranched alkanes of at least 4 members (excludes halogenated alkanes) is 1. The van der Waals surface area contributed by atoms with Gasteiger partial charge in [-0.1, -0.05) is 61.5 Å². The zero-order chi connectivity index (χ0) is 41.0. The zero-order valence-corrected chi connectivity index (χ0v) is 32.1. The fourth-order valence-electron chi connectivity index (χ4n) is 8.01. The monoisotopic (exact) mass is 794 g/mol. The largest absolute Gasteiger partial charge is 0.508 e. The SMILES string of the molecule is CCC(=C(c1ccc(O)cc1)c1ccc(OC(CCCCN2CCN(c3ccc4c(c3)C(=O)N(C3CCC(=O)NC3=O)C4=O)CC2)C(F)(F)F)cc1)c1ccccc1. The van der Waals surface area contributed by atoms with Crippen molar-refractivity contribution in [1.82, 2.24) is 15.1 Å². The molecule has 0 aromatic heterocycles. The van der Waals surface area contributed by atoms with Crippen LogP contribution in [0.2, 0.25) is 0 Å². The molecule has 13 heteroatoms. The van der Waals surface area contributed by atoms with Gasteiger partial charge in [0.05, 0.1) is 11.1 Å². The molecule has 3 aliphatic rings. The predicted octanol–water partition coefficient (Wildman–Crippen LogP) is 7.46. The second-order valence-corrected chi connectivity index (χ2v) is 14.8. The van der Waals surface area contributed by atoms with Gasteiger partial charge in [0, 0.05) is 38.3 Å². The average Bonchev–Trinajstić information content (AvgIpc) is 3.46. The molecule has 2 fully saturated rings. The number of allylic oxidation sites excluding steroid dienone is 1. The summed E-state index contributed by atoms with van der Waals surface area (Å²) in [4.78, 5) is 55.6. The molecule has 2 atom stereocenters. The van der Waals surface area contributed by atoms with E-state index in [-0.39, 0.29) is 41.9 Å². The Kier molecular flexibility index (Phi) is 12.0. The first-order valence-electron chi connectivity index (χ1n) is 19.7. The number of hydrogen-bond donors (Lipinski definition) is 2. The summed E-state index contributed by atoms with van der Waals surface area (Å²) in [6.07, 6.45) is -4.99. The van der Waals surface area contributed by atoms with Crippen molar-refractivity contribution in [3.63, 3.8) is 0 Å². The number of carbonyl (C=O) groups is 4. The Hall–Kier alpha value is -5.95. The van der Waals surface area contributed by atoms with Crippen LogP contribution in [0.15, 0.2) is 97.1 Å². The van der Waals surface area contributed by atoms with Crippen LogP contribution in [0.25, 0.3) is 11.1 Å². The first-order chi connectivity index (χ1) is 27.9. The van der Waals surface area contributed by atoms with E-state index in [4.69, 9.17) is 4.74 Å². The standard InChI is InChI=1S/C45H45F3N4O6/c1-2-35(29-8-4-3-5-9-29)41(30-11-16-33(53)17-12-30)31-13-18-34(19-14-31)58-39(45(46,47)48)10-6-7-23-50-24-26-51(27-25-50)32-15-20-36-37(28-32)44(57)52(43(36)56)38-21-22-40(54)49-42(38)55/h3-5,8-9,11-20,28,38-39,53H,2,6-7,10,21-27H2,1H3,(H,49,54,55). The zero-order valence-electron chi connectivity index (χ0n) is 32.1. The Balaban J connectivity index is 0.926. The summed E-state index contributed by atoms with van der Waals surface area (Å²) in [6.45, 7) is 5.26. The lowest BCUT2D eigenvalue weighted by atomic mass is 9.88. The molecule has 0 saturated carbocycles. The van der Waals surface area contributed by atoms with Crippen molar-refractivity contribution in [3.05, 3.63) is 125 Å². The number of hydrogen-bond acceptors (Lipinski definition) is 8. The van der Waals surface area contributed by atoms with E-state index in [1.165, 1.54) is 0 Å². The summed E-state index contributed by atoms with van der Waals surface area (Å²) in [7, 11) is 0. The summed E-state index contributed by atoms with van der Waals surface area (Å²) in [6, 6.07) is 27.5. The van der Waals surface area contributed by atoms with Gasteiger partial charge in [0.1, 0.15) is 17.5 Å². The van der Waals surface area contributed by atoms with Crippen molar-refractivity contribution in [1.29, 1.82) is 0 Å². The highest BCUT2D eigenvalue weighted by Crippen LogP contribution is 2.37. The van der Waals surface area contributed by atoms with E-state index in [1.54, 1.807) is 54.6 Å². The summed E-state index contributed by atoms with van der Waals surface area (Å²) in [5, 5.41) is 12.1. The van der Waals surface area contributed by atoms with Crippen molar-refractivity contribution in [3.8, 4) is 11.5 Å². The number of nitrogens with one attached hydrogen (secondary N) is 1. The number of carbonyl (C=O) groups excluding carboxylic acids is 4. The van der Waals surface area contributed by atoms with Gasteiger partial charge in [0.2, 0.25) is 11.8 Å². The highest BCUT2D eigenvalue weighted by Gasteiger charge is 2.45. The molecule has 4 amide bonds. The maximum Gasteiger partial charge on any atom is 0.425 e. The number of benzene rings is 4. The predicted molar refractivity (Wildman–Crippen MR) is 213 cm³/mol. The maximum absolute atomic E-state index is 14.2. The third-order valence-corrected chi connectivity index (χ3v) is 11.1. The van der Waals surface area contributed by atoms with Crippen molar-refractivity contribution in [2.75, 3.05) is 37.6 Å². The average molecular weight is 795 g/mol. The molecular formula is C45H45F3N4O6. The molecule has 302 valence electrons. The van der Waals surface area contributed by atoms with Crippen LogP contribution in [0, 0.1) is 0 Å². The van der Waals surface area contributed by atoms with Gasteiger partial charge in [0.15, 0.2) is 6.10 Å². The lowest BCUT2D eigenvalue weighted by molar-refractivity contribution is -0.197. The second-order valence-electron chi connectivity index (χ2n) is 14.8. The molecule has 0 aliphatic carbocycles. The quantitative estimate of drug-likeness (QED) is 0.0814. The molecule has 4 aromatic carbocycles. The minimum atomic E-state index is -4.55. The van der Waals surface area contributed by atoms with Gasteiger partial charge in [-0.15, -0.1) is 0 Å². The minimum Gasteiger partial charge on any atom is -0.508 e. The second kappa shape index (κ2) is 17.3. The Labute approximate surface area is 334 Å². The number of nitrogens with zero attached hydrogens (tertiary/aromatic N) is 3. The van der Waals surface area contributed by atoms with E-state index in [2.05, 4.69) is 22.0 Å². The van der Waals surface area contributed by atoms with E-state index in [0.29, 0.717) is 52.0 Å². The van der Waals surface area contributed by atoms with E-state index in [9.17, 15) is 37.5 Å². The van der Waals surface area contributed by atoms with E-state index < -0.39 is 42.0 Å². The van der Waals surface area contributed by atoms with Crippen molar-refractivity contribution in [2.45, 2.75) is 63.8 Å². The maximum atomic E-state index is 14.2. The molecule has 0 bridgehead atoms. The number of piperidine rings is 1.